The van der Waals surface area contributed by atoms with Gasteiger partial charge in [-0.2, -0.15) is 0 Å². The summed E-state index contributed by atoms with van der Waals surface area (Å²) in [5, 5.41) is 23.4. The van der Waals surface area contributed by atoms with E-state index in [1.807, 2.05) is 6.07 Å². The van der Waals surface area contributed by atoms with Gasteiger partial charge in [-0.1, -0.05) is 6.07 Å². The predicted octanol–water partition coefficient (Wildman–Crippen LogP) is 1.14. The van der Waals surface area contributed by atoms with Crippen molar-refractivity contribution >= 4 is 10.9 Å². The number of aromatic nitrogens is 1. The van der Waals surface area contributed by atoms with Gasteiger partial charge in [-0.3, -0.25) is 4.79 Å². The average Bonchev–Trinajstić information content (AvgIpc) is 2.36. The Morgan fingerprint density at radius 3 is 2.70 bits per heavy atom. The normalized spacial score (nSPS) is 11.9. The minimum absolute atomic E-state index is 0.0749. The van der Waals surface area contributed by atoms with Crippen LogP contribution in [0, 0.1) is 0 Å². The van der Waals surface area contributed by atoms with E-state index in [0.717, 1.165) is 17.4 Å². The van der Waals surface area contributed by atoms with Gasteiger partial charge in [-0.25, -0.2) is 0 Å². The fraction of sp³-hybridized carbons (Fsp3) is 0.400. The number of phenolic OH excluding ortho intramolecular Hbond substituents is 1. The van der Waals surface area contributed by atoms with Gasteiger partial charge in [0, 0.05) is 18.0 Å². The second-order valence-corrected chi connectivity index (χ2v) is 5.59. The number of hydrogen-bond donors (Lipinski definition) is 4. The standard InChI is InChI=1S/C15H20N2O3/c1-15(2,20)9-16-8-7-10-3-5-12(18)14-11(10)4-6-13(19)17-14/h3-6,16,18,20H,7-9H2,1-2H3,(H,17,19). The molecule has 0 fully saturated rings. The van der Waals surface area contributed by atoms with Gasteiger partial charge in [0.15, 0.2) is 0 Å². The number of nitrogens with one attached hydrogen (secondary N) is 2. The van der Waals surface area contributed by atoms with E-state index in [9.17, 15) is 15.0 Å². The number of benzene rings is 1. The number of aromatic amines is 1. The van der Waals surface area contributed by atoms with Crippen molar-refractivity contribution in [1.29, 1.82) is 0 Å². The molecular formula is C15H20N2O3. The van der Waals surface area contributed by atoms with E-state index in [4.69, 9.17) is 0 Å². The fourth-order valence-corrected chi connectivity index (χ4v) is 2.13. The highest BCUT2D eigenvalue weighted by atomic mass is 16.3. The second kappa shape index (κ2) is 5.64. The Balaban J connectivity index is 2.15. The Morgan fingerprint density at radius 1 is 1.25 bits per heavy atom. The zero-order valence-corrected chi connectivity index (χ0v) is 11.7. The highest BCUT2D eigenvalue weighted by Gasteiger charge is 2.11. The summed E-state index contributed by atoms with van der Waals surface area (Å²) in [7, 11) is 0. The molecule has 0 amide bonds. The lowest BCUT2D eigenvalue weighted by atomic mass is 10.0. The molecule has 1 aromatic heterocycles. The SMILES string of the molecule is CC(C)(O)CNCCc1ccc(O)c2[nH]c(=O)ccc12. The molecule has 0 saturated carbocycles. The summed E-state index contributed by atoms with van der Waals surface area (Å²) in [5.41, 5.74) is 0.544. The second-order valence-electron chi connectivity index (χ2n) is 5.59. The Hall–Kier alpha value is -1.85. The van der Waals surface area contributed by atoms with Crippen LogP contribution in [0.25, 0.3) is 10.9 Å². The van der Waals surface area contributed by atoms with Gasteiger partial charge < -0.3 is 20.5 Å². The van der Waals surface area contributed by atoms with Crippen LogP contribution in [0.15, 0.2) is 29.1 Å². The molecule has 5 nitrogen and oxygen atoms in total. The summed E-state index contributed by atoms with van der Waals surface area (Å²) >= 11 is 0. The third-order valence-electron chi connectivity index (χ3n) is 3.09. The van der Waals surface area contributed by atoms with Crippen LogP contribution >= 0.6 is 0 Å². The van der Waals surface area contributed by atoms with Crippen LogP contribution in [0.3, 0.4) is 0 Å². The molecule has 0 spiro atoms. The maximum absolute atomic E-state index is 11.3. The van der Waals surface area contributed by atoms with Gasteiger partial charge in [-0.15, -0.1) is 0 Å². The molecule has 108 valence electrons. The van der Waals surface area contributed by atoms with Crippen molar-refractivity contribution in [2.24, 2.45) is 0 Å². The van der Waals surface area contributed by atoms with E-state index in [2.05, 4.69) is 10.3 Å². The first-order valence-corrected chi connectivity index (χ1v) is 6.64. The van der Waals surface area contributed by atoms with E-state index in [-0.39, 0.29) is 11.3 Å². The summed E-state index contributed by atoms with van der Waals surface area (Å²) in [4.78, 5) is 14.0. The molecule has 0 aliphatic rings. The molecule has 0 aliphatic carbocycles. The molecule has 0 saturated heterocycles. The highest BCUT2D eigenvalue weighted by molar-refractivity contribution is 5.87. The molecule has 0 unspecified atom stereocenters. The monoisotopic (exact) mass is 276 g/mol. The van der Waals surface area contributed by atoms with Crippen molar-refractivity contribution in [3.63, 3.8) is 0 Å². The predicted molar refractivity (Wildman–Crippen MR) is 79.1 cm³/mol. The van der Waals surface area contributed by atoms with Crippen molar-refractivity contribution in [3.8, 4) is 5.75 Å². The van der Waals surface area contributed by atoms with Crippen LogP contribution in [-0.2, 0) is 6.42 Å². The largest absolute Gasteiger partial charge is 0.506 e. The molecule has 2 rings (SSSR count). The summed E-state index contributed by atoms with van der Waals surface area (Å²) in [5.74, 6) is 0.0749. The van der Waals surface area contributed by atoms with Gasteiger partial charge in [0.1, 0.15) is 5.75 Å². The Morgan fingerprint density at radius 2 is 2.00 bits per heavy atom. The van der Waals surface area contributed by atoms with Gasteiger partial charge in [-0.05, 0) is 44.5 Å². The number of rotatable bonds is 5. The summed E-state index contributed by atoms with van der Waals surface area (Å²) < 4.78 is 0. The number of phenols is 1. The van der Waals surface area contributed by atoms with E-state index in [1.165, 1.54) is 6.07 Å². The molecule has 0 aliphatic heterocycles. The molecule has 0 atom stereocenters. The van der Waals surface area contributed by atoms with E-state index < -0.39 is 5.60 Å². The summed E-state index contributed by atoms with van der Waals surface area (Å²) in [6.07, 6.45) is 0.749. The molecule has 0 radical (unpaired) electrons. The maximum atomic E-state index is 11.3. The van der Waals surface area contributed by atoms with Crippen molar-refractivity contribution in [3.05, 3.63) is 40.2 Å². The molecule has 0 bridgehead atoms. The van der Waals surface area contributed by atoms with E-state index >= 15 is 0 Å². The molecule has 20 heavy (non-hydrogen) atoms. The topological polar surface area (TPSA) is 85.3 Å². The lowest BCUT2D eigenvalue weighted by molar-refractivity contribution is 0.0801. The number of hydrogen-bond acceptors (Lipinski definition) is 4. The number of H-pyrrole nitrogens is 1. The highest BCUT2D eigenvalue weighted by Crippen LogP contribution is 2.24. The average molecular weight is 276 g/mol. The number of aliphatic hydroxyl groups is 1. The van der Waals surface area contributed by atoms with Crippen LogP contribution in [-0.4, -0.2) is 33.9 Å². The van der Waals surface area contributed by atoms with Crippen LogP contribution in [0.2, 0.25) is 0 Å². The van der Waals surface area contributed by atoms with Crippen molar-refractivity contribution in [1.82, 2.24) is 10.3 Å². The molecule has 4 N–H and O–H groups in total. The van der Waals surface area contributed by atoms with Gasteiger partial charge >= 0.3 is 0 Å². The number of aromatic hydroxyl groups is 1. The maximum Gasteiger partial charge on any atom is 0.248 e. The van der Waals surface area contributed by atoms with Gasteiger partial charge in [0.2, 0.25) is 5.56 Å². The smallest absolute Gasteiger partial charge is 0.248 e. The molecular weight excluding hydrogens is 256 g/mol. The van der Waals surface area contributed by atoms with Gasteiger partial charge in [0.25, 0.3) is 0 Å². The first-order chi connectivity index (χ1) is 9.37. The van der Waals surface area contributed by atoms with Gasteiger partial charge in [0.05, 0.1) is 11.1 Å². The zero-order chi connectivity index (χ0) is 14.8. The zero-order valence-electron chi connectivity index (χ0n) is 11.7. The molecule has 1 aromatic carbocycles. The number of pyridine rings is 1. The van der Waals surface area contributed by atoms with E-state index in [1.54, 1.807) is 26.0 Å². The Bertz CT molecular complexity index is 656. The number of fused-ring (bicyclic) bond motifs is 1. The molecule has 1 heterocycles. The van der Waals surface area contributed by atoms with Crippen LogP contribution < -0.4 is 10.9 Å². The Kier molecular flexibility index (Phi) is 4.11. The first kappa shape index (κ1) is 14.6. The third kappa shape index (κ3) is 3.59. The van der Waals surface area contributed by atoms with Crippen molar-refractivity contribution < 1.29 is 10.2 Å². The van der Waals surface area contributed by atoms with Crippen LogP contribution in [0.4, 0.5) is 0 Å². The van der Waals surface area contributed by atoms with Crippen molar-refractivity contribution in [2.45, 2.75) is 25.9 Å². The molecule has 2 aromatic rings. The third-order valence-corrected chi connectivity index (χ3v) is 3.09. The summed E-state index contributed by atoms with van der Waals surface area (Å²) in [6.45, 7) is 4.73. The van der Waals surface area contributed by atoms with Crippen LogP contribution in [0.5, 0.6) is 5.75 Å². The minimum atomic E-state index is -0.734. The minimum Gasteiger partial charge on any atom is -0.506 e. The molecule has 5 heteroatoms. The van der Waals surface area contributed by atoms with Crippen LogP contribution in [0.1, 0.15) is 19.4 Å². The van der Waals surface area contributed by atoms with Crippen molar-refractivity contribution in [2.75, 3.05) is 13.1 Å². The Labute approximate surface area is 117 Å². The van der Waals surface area contributed by atoms with E-state index in [0.29, 0.717) is 18.6 Å². The summed E-state index contributed by atoms with van der Waals surface area (Å²) in [6, 6.07) is 6.61. The first-order valence-electron chi connectivity index (χ1n) is 6.64. The fourth-order valence-electron chi connectivity index (χ4n) is 2.13. The quantitative estimate of drug-likeness (QED) is 0.617. The lowest BCUT2D eigenvalue weighted by Crippen LogP contribution is -2.35. The lowest BCUT2D eigenvalue weighted by Gasteiger charge is -2.17.